The smallest absolute Gasteiger partial charge is 0.253 e. The van der Waals surface area contributed by atoms with Crippen molar-refractivity contribution in [2.24, 2.45) is 11.8 Å². The first-order valence-electron chi connectivity index (χ1n) is 6.72. The molecule has 0 aromatic carbocycles. The highest BCUT2D eigenvalue weighted by Gasteiger charge is 2.54. The van der Waals surface area contributed by atoms with E-state index in [1.54, 1.807) is 13.2 Å². The molecule has 3 rings (SSSR count). The second-order valence-corrected chi connectivity index (χ2v) is 5.73. The summed E-state index contributed by atoms with van der Waals surface area (Å²) in [5, 5.41) is 3.53. The Morgan fingerprint density at radius 1 is 1.60 bits per heavy atom. The minimum absolute atomic E-state index is 0.105. The summed E-state index contributed by atoms with van der Waals surface area (Å²) >= 11 is 5.86. The van der Waals surface area contributed by atoms with E-state index in [4.69, 9.17) is 21.1 Å². The summed E-state index contributed by atoms with van der Waals surface area (Å²) in [6.07, 6.45) is 4.24. The molecule has 1 aliphatic carbocycles. The molecule has 1 aromatic rings. The maximum absolute atomic E-state index is 12.2. The molecule has 0 spiro atoms. The maximum atomic E-state index is 12.2. The van der Waals surface area contributed by atoms with Gasteiger partial charge >= 0.3 is 0 Å². The van der Waals surface area contributed by atoms with Crippen LogP contribution in [0.2, 0.25) is 5.02 Å². The predicted octanol–water partition coefficient (Wildman–Crippen LogP) is 1.51. The Hall–Kier alpha value is -1.17. The molecule has 1 aliphatic heterocycles. The molecular weight excluding hydrogens is 280 g/mol. The summed E-state index contributed by atoms with van der Waals surface area (Å²) in [6.45, 7) is 1.36. The van der Waals surface area contributed by atoms with E-state index >= 15 is 0 Å². The number of nitrogens with one attached hydrogen (secondary N) is 1. The van der Waals surface area contributed by atoms with Gasteiger partial charge in [-0.25, -0.2) is 0 Å². The van der Waals surface area contributed by atoms with Gasteiger partial charge < -0.3 is 14.8 Å². The van der Waals surface area contributed by atoms with Crippen molar-refractivity contribution in [2.45, 2.75) is 18.6 Å². The molecule has 20 heavy (non-hydrogen) atoms. The molecular formula is C14H17ClN2O3. The van der Waals surface area contributed by atoms with Gasteiger partial charge in [0, 0.05) is 44.0 Å². The number of amides is 1. The van der Waals surface area contributed by atoms with Crippen LogP contribution >= 0.6 is 11.6 Å². The lowest BCUT2D eigenvalue weighted by molar-refractivity contribution is -0.0809. The third kappa shape index (κ3) is 2.41. The Morgan fingerprint density at radius 3 is 3.20 bits per heavy atom. The molecule has 108 valence electrons. The quantitative estimate of drug-likeness (QED) is 0.915. The number of fused-ring (bicyclic) bond motifs is 1. The highest BCUT2D eigenvalue weighted by molar-refractivity contribution is 6.30. The van der Waals surface area contributed by atoms with Crippen LogP contribution in [0.4, 0.5) is 0 Å². The summed E-state index contributed by atoms with van der Waals surface area (Å²) in [5.41, 5.74) is 0.482. The average molecular weight is 297 g/mol. The molecule has 6 heteroatoms. The molecule has 1 N–H and O–H groups in total. The number of nitrogens with zero attached hydrogens (tertiary/aromatic N) is 1. The molecule has 2 aliphatic rings. The third-order valence-electron chi connectivity index (χ3n) is 4.15. The number of aromatic nitrogens is 1. The van der Waals surface area contributed by atoms with Gasteiger partial charge in [-0.05, 0) is 12.5 Å². The number of ether oxygens (including phenoxy) is 2. The number of hydrogen-bond acceptors (Lipinski definition) is 4. The molecule has 1 aromatic heterocycles. The molecule has 0 unspecified atom stereocenters. The lowest BCUT2D eigenvalue weighted by Crippen LogP contribution is -2.62. The van der Waals surface area contributed by atoms with Gasteiger partial charge in [-0.15, -0.1) is 0 Å². The summed E-state index contributed by atoms with van der Waals surface area (Å²) in [7, 11) is 1.67. The summed E-state index contributed by atoms with van der Waals surface area (Å²) in [4.78, 5) is 16.2. The number of hydrogen-bond donors (Lipinski definition) is 1. The SMILES string of the molecule is COC[C@H]1[C@@H](NC(=O)c2cncc(Cl)c2)[C@H]2CCO[C@H]21. The first-order chi connectivity index (χ1) is 9.70. The van der Waals surface area contributed by atoms with Gasteiger partial charge in [-0.1, -0.05) is 11.6 Å². The summed E-state index contributed by atoms with van der Waals surface area (Å²) in [5.74, 6) is 0.478. The van der Waals surface area contributed by atoms with Crippen LogP contribution in [-0.2, 0) is 9.47 Å². The van der Waals surface area contributed by atoms with Crippen molar-refractivity contribution in [1.29, 1.82) is 0 Å². The van der Waals surface area contributed by atoms with Crippen molar-refractivity contribution in [1.82, 2.24) is 10.3 Å². The van der Waals surface area contributed by atoms with E-state index in [1.807, 2.05) is 0 Å². The van der Waals surface area contributed by atoms with Crippen LogP contribution in [0.3, 0.4) is 0 Å². The van der Waals surface area contributed by atoms with Gasteiger partial charge in [-0.3, -0.25) is 9.78 Å². The molecule has 5 nitrogen and oxygen atoms in total. The molecule has 4 atom stereocenters. The highest BCUT2D eigenvalue weighted by Crippen LogP contribution is 2.43. The first kappa shape index (κ1) is 13.8. The number of carbonyl (C=O) groups excluding carboxylic acids is 1. The fourth-order valence-electron chi connectivity index (χ4n) is 3.21. The largest absolute Gasteiger partial charge is 0.384 e. The second-order valence-electron chi connectivity index (χ2n) is 5.30. The monoisotopic (exact) mass is 296 g/mol. The van der Waals surface area contributed by atoms with Crippen molar-refractivity contribution in [3.8, 4) is 0 Å². The number of methoxy groups -OCH3 is 1. The standard InChI is InChI=1S/C14H17ClN2O3/c1-19-7-11-12(10-2-3-20-13(10)11)17-14(18)8-4-9(15)6-16-5-8/h4-6,10-13H,2-3,7H2,1H3,(H,17,18)/t10-,11+,12+,13-/m1/s1. The molecule has 1 amide bonds. The van der Waals surface area contributed by atoms with E-state index < -0.39 is 0 Å². The summed E-state index contributed by atoms with van der Waals surface area (Å²) < 4.78 is 10.9. The van der Waals surface area contributed by atoms with E-state index in [1.165, 1.54) is 12.4 Å². The fourth-order valence-corrected chi connectivity index (χ4v) is 3.38. The zero-order valence-corrected chi connectivity index (χ0v) is 12.0. The lowest BCUT2D eigenvalue weighted by atomic mass is 9.67. The van der Waals surface area contributed by atoms with Gasteiger partial charge in [0.2, 0.25) is 0 Å². The Morgan fingerprint density at radius 2 is 2.45 bits per heavy atom. The van der Waals surface area contributed by atoms with Gasteiger partial charge in [0.15, 0.2) is 0 Å². The predicted molar refractivity (Wildman–Crippen MR) is 73.7 cm³/mol. The van der Waals surface area contributed by atoms with Crippen LogP contribution < -0.4 is 5.32 Å². The first-order valence-corrected chi connectivity index (χ1v) is 7.10. The lowest BCUT2D eigenvalue weighted by Gasteiger charge is -2.47. The molecule has 0 bridgehead atoms. The fraction of sp³-hybridized carbons (Fsp3) is 0.571. The highest BCUT2D eigenvalue weighted by atomic mass is 35.5. The second kappa shape index (κ2) is 5.68. The molecule has 1 saturated carbocycles. The van der Waals surface area contributed by atoms with Crippen LogP contribution in [0, 0.1) is 11.8 Å². The van der Waals surface area contributed by atoms with Gasteiger partial charge in [0.05, 0.1) is 23.3 Å². The van der Waals surface area contributed by atoms with Gasteiger partial charge in [-0.2, -0.15) is 0 Å². The van der Waals surface area contributed by atoms with E-state index in [0.29, 0.717) is 23.1 Å². The molecule has 0 radical (unpaired) electrons. The van der Waals surface area contributed by atoms with E-state index in [9.17, 15) is 4.79 Å². The third-order valence-corrected chi connectivity index (χ3v) is 4.36. The van der Waals surface area contributed by atoms with Crippen molar-refractivity contribution in [3.05, 3.63) is 29.0 Å². The maximum Gasteiger partial charge on any atom is 0.253 e. The Bertz CT molecular complexity index is 511. The van der Waals surface area contributed by atoms with Crippen LogP contribution in [0.5, 0.6) is 0 Å². The average Bonchev–Trinajstić information content (AvgIpc) is 2.86. The zero-order valence-electron chi connectivity index (χ0n) is 11.2. The van der Waals surface area contributed by atoms with Gasteiger partial charge in [0.25, 0.3) is 5.91 Å². The normalized spacial score (nSPS) is 31.5. The van der Waals surface area contributed by atoms with Crippen LogP contribution in [0.1, 0.15) is 16.8 Å². The number of halogens is 1. The number of pyridine rings is 1. The van der Waals surface area contributed by atoms with Crippen molar-refractivity contribution in [2.75, 3.05) is 20.3 Å². The summed E-state index contributed by atoms with van der Waals surface area (Å²) in [6, 6.07) is 1.73. The minimum atomic E-state index is -0.142. The van der Waals surface area contributed by atoms with Crippen LogP contribution in [0.15, 0.2) is 18.5 Å². The zero-order chi connectivity index (χ0) is 14.1. The molecule has 1 saturated heterocycles. The van der Waals surface area contributed by atoms with Crippen molar-refractivity contribution in [3.63, 3.8) is 0 Å². The Labute approximate surface area is 122 Å². The van der Waals surface area contributed by atoms with Crippen LogP contribution in [0.25, 0.3) is 0 Å². The van der Waals surface area contributed by atoms with Gasteiger partial charge in [0.1, 0.15) is 0 Å². The molecule has 2 heterocycles. The van der Waals surface area contributed by atoms with E-state index in [-0.39, 0.29) is 24.0 Å². The van der Waals surface area contributed by atoms with Crippen molar-refractivity contribution >= 4 is 17.5 Å². The number of rotatable bonds is 4. The molecule has 2 fully saturated rings. The Kier molecular flexibility index (Phi) is 3.92. The Balaban J connectivity index is 1.68. The van der Waals surface area contributed by atoms with E-state index in [2.05, 4.69) is 10.3 Å². The van der Waals surface area contributed by atoms with Crippen LogP contribution in [-0.4, -0.2) is 43.4 Å². The minimum Gasteiger partial charge on any atom is -0.384 e. The topological polar surface area (TPSA) is 60.5 Å². The van der Waals surface area contributed by atoms with Crippen molar-refractivity contribution < 1.29 is 14.3 Å². The number of carbonyl (C=O) groups is 1. The van der Waals surface area contributed by atoms with E-state index in [0.717, 1.165) is 13.0 Å².